The fraction of sp³-hybridized carbons (Fsp3) is 0.583. The number of aromatic nitrogens is 2. The molecule has 21 heavy (non-hydrogen) atoms. The second kappa shape index (κ2) is 6.33. The summed E-state index contributed by atoms with van der Waals surface area (Å²) < 4.78 is 0. The molecule has 0 radical (unpaired) electrons. The second-order valence-corrected chi connectivity index (χ2v) is 4.75. The van der Waals surface area contributed by atoms with Crippen LogP contribution in [-0.4, -0.2) is 58.9 Å². The summed E-state index contributed by atoms with van der Waals surface area (Å²) in [5.74, 6) is 0.507. The highest BCUT2D eigenvalue weighted by atomic mass is 16.6. The zero-order chi connectivity index (χ0) is 15.4. The van der Waals surface area contributed by atoms with Crippen molar-refractivity contribution in [3.8, 4) is 0 Å². The summed E-state index contributed by atoms with van der Waals surface area (Å²) in [6, 6.07) is 0. The molecule has 1 aromatic heterocycles. The Bertz CT molecular complexity index is 550. The van der Waals surface area contributed by atoms with Gasteiger partial charge in [-0.25, -0.2) is 9.97 Å². The number of carbonyl (C=O) groups is 1. The molecule has 1 aliphatic rings. The quantitative estimate of drug-likeness (QED) is 0.638. The molecule has 0 saturated carbocycles. The molecule has 0 bridgehead atoms. The number of nitrogens with zero attached hydrogens (tertiary/aromatic N) is 5. The van der Waals surface area contributed by atoms with Gasteiger partial charge in [-0.3, -0.25) is 14.9 Å². The summed E-state index contributed by atoms with van der Waals surface area (Å²) in [5.41, 5.74) is -0.128. The van der Waals surface area contributed by atoms with Crippen LogP contribution in [0.2, 0.25) is 0 Å². The number of nitrogens with one attached hydrogen (secondary N) is 1. The predicted octanol–water partition coefficient (Wildman–Crippen LogP) is 0.485. The lowest BCUT2D eigenvalue weighted by atomic mass is 10.3. The van der Waals surface area contributed by atoms with Crippen molar-refractivity contribution >= 4 is 23.2 Å². The van der Waals surface area contributed by atoms with Crippen LogP contribution in [0, 0.1) is 10.1 Å². The molecule has 0 spiro atoms. The minimum absolute atomic E-state index is 0.0185. The van der Waals surface area contributed by atoms with Crippen molar-refractivity contribution in [1.82, 2.24) is 14.9 Å². The van der Waals surface area contributed by atoms with Crippen LogP contribution < -0.4 is 10.2 Å². The van der Waals surface area contributed by atoms with E-state index in [4.69, 9.17) is 0 Å². The van der Waals surface area contributed by atoms with Crippen LogP contribution in [0.5, 0.6) is 0 Å². The summed E-state index contributed by atoms with van der Waals surface area (Å²) in [6.45, 7) is 3.85. The van der Waals surface area contributed by atoms with E-state index in [2.05, 4.69) is 15.3 Å². The molecule has 114 valence electrons. The van der Waals surface area contributed by atoms with Crippen molar-refractivity contribution in [1.29, 1.82) is 0 Å². The Kier molecular flexibility index (Phi) is 4.51. The summed E-state index contributed by atoms with van der Waals surface area (Å²) in [5, 5.41) is 14.0. The van der Waals surface area contributed by atoms with Crippen molar-refractivity contribution in [2.75, 3.05) is 43.4 Å². The largest absolute Gasteiger partial charge is 0.367 e. The van der Waals surface area contributed by atoms with E-state index >= 15 is 0 Å². The number of anilines is 2. The predicted molar refractivity (Wildman–Crippen MR) is 77.3 cm³/mol. The van der Waals surface area contributed by atoms with Gasteiger partial charge in [-0.05, 0) is 6.42 Å². The van der Waals surface area contributed by atoms with Gasteiger partial charge in [-0.1, -0.05) is 0 Å². The number of hydrogen-bond donors (Lipinski definition) is 1. The fourth-order valence-electron chi connectivity index (χ4n) is 2.40. The van der Waals surface area contributed by atoms with E-state index in [-0.39, 0.29) is 17.4 Å². The van der Waals surface area contributed by atoms with Gasteiger partial charge in [0.1, 0.15) is 6.33 Å². The SMILES string of the molecule is CNc1ncnc(N2CCCN(C(C)=O)CC2)c1[N+](=O)[O-]. The first-order valence-corrected chi connectivity index (χ1v) is 6.72. The standard InChI is InChI=1S/C12H18N6O3/c1-9(19)16-4-3-5-17(7-6-16)12-10(18(20)21)11(13-2)14-8-15-12/h8H,3-7H2,1-2H3,(H,13,14,15). The number of carbonyl (C=O) groups excluding carboxylic acids is 1. The van der Waals surface area contributed by atoms with E-state index in [0.717, 1.165) is 6.42 Å². The maximum atomic E-state index is 11.4. The Morgan fingerprint density at radius 3 is 2.71 bits per heavy atom. The normalized spacial score (nSPS) is 15.5. The molecule has 1 amide bonds. The Balaban J connectivity index is 2.29. The third-order valence-electron chi connectivity index (χ3n) is 3.46. The fourth-order valence-corrected chi connectivity index (χ4v) is 2.40. The Labute approximate surface area is 122 Å². The molecule has 1 saturated heterocycles. The van der Waals surface area contributed by atoms with Gasteiger partial charge in [0.2, 0.25) is 17.5 Å². The molecule has 1 fully saturated rings. The van der Waals surface area contributed by atoms with Crippen molar-refractivity contribution in [2.24, 2.45) is 0 Å². The van der Waals surface area contributed by atoms with E-state index in [0.29, 0.717) is 32.0 Å². The lowest BCUT2D eigenvalue weighted by Crippen LogP contribution is -2.34. The molecular weight excluding hydrogens is 276 g/mol. The Morgan fingerprint density at radius 2 is 2.10 bits per heavy atom. The van der Waals surface area contributed by atoms with Gasteiger partial charge in [-0.2, -0.15) is 0 Å². The molecule has 9 heteroatoms. The Hall–Kier alpha value is -2.45. The topological polar surface area (TPSA) is 104 Å². The molecule has 1 N–H and O–H groups in total. The summed E-state index contributed by atoms with van der Waals surface area (Å²) >= 11 is 0. The van der Waals surface area contributed by atoms with E-state index in [1.54, 1.807) is 11.9 Å². The van der Waals surface area contributed by atoms with Gasteiger partial charge in [0.25, 0.3) is 0 Å². The van der Waals surface area contributed by atoms with E-state index in [1.807, 2.05) is 4.90 Å². The average Bonchev–Trinajstić information content (AvgIpc) is 2.72. The van der Waals surface area contributed by atoms with Crippen LogP contribution >= 0.6 is 0 Å². The maximum Gasteiger partial charge on any atom is 0.353 e. The first kappa shape index (κ1) is 14.9. The van der Waals surface area contributed by atoms with Gasteiger partial charge in [0, 0.05) is 40.2 Å². The summed E-state index contributed by atoms with van der Waals surface area (Å²) in [4.78, 5) is 33.8. The smallest absolute Gasteiger partial charge is 0.353 e. The van der Waals surface area contributed by atoms with Gasteiger partial charge in [-0.15, -0.1) is 0 Å². The highest BCUT2D eigenvalue weighted by Crippen LogP contribution is 2.31. The molecule has 2 heterocycles. The van der Waals surface area contributed by atoms with Crippen LogP contribution in [-0.2, 0) is 4.79 Å². The lowest BCUT2D eigenvalue weighted by Gasteiger charge is -2.22. The van der Waals surface area contributed by atoms with E-state index in [1.165, 1.54) is 13.3 Å². The maximum absolute atomic E-state index is 11.4. The third kappa shape index (κ3) is 3.18. The zero-order valence-electron chi connectivity index (χ0n) is 12.1. The highest BCUT2D eigenvalue weighted by Gasteiger charge is 2.28. The number of nitro groups is 1. The average molecular weight is 294 g/mol. The molecule has 0 atom stereocenters. The molecule has 9 nitrogen and oxygen atoms in total. The van der Waals surface area contributed by atoms with Gasteiger partial charge >= 0.3 is 5.69 Å². The molecule has 0 unspecified atom stereocenters. The van der Waals surface area contributed by atoms with Crippen molar-refractivity contribution in [3.05, 3.63) is 16.4 Å². The van der Waals surface area contributed by atoms with E-state index in [9.17, 15) is 14.9 Å². The molecule has 1 aromatic rings. The van der Waals surface area contributed by atoms with Crippen molar-refractivity contribution in [3.63, 3.8) is 0 Å². The summed E-state index contributed by atoms with van der Waals surface area (Å²) in [7, 11) is 1.58. The van der Waals surface area contributed by atoms with E-state index < -0.39 is 4.92 Å². The van der Waals surface area contributed by atoms with Crippen molar-refractivity contribution < 1.29 is 9.72 Å². The molecule has 2 rings (SSSR count). The third-order valence-corrected chi connectivity index (χ3v) is 3.46. The van der Waals surface area contributed by atoms with Crippen LogP contribution in [0.25, 0.3) is 0 Å². The first-order valence-electron chi connectivity index (χ1n) is 6.72. The van der Waals surface area contributed by atoms with Gasteiger partial charge in [0.15, 0.2) is 0 Å². The number of hydrogen-bond acceptors (Lipinski definition) is 7. The monoisotopic (exact) mass is 294 g/mol. The molecule has 1 aliphatic heterocycles. The minimum atomic E-state index is -0.477. The highest BCUT2D eigenvalue weighted by molar-refractivity contribution is 5.73. The second-order valence-electron chi connectivity index (χ2n) is 4.75. The van der Waals surface area contributed by atoms with Crippen molar-refractivity contribution in [2.45, 2.75) is 13.3 Å². The molecule has 0 aromatic carbocycles. The molecule has 0 aliphatic carbocycles. The van der Waals surface area contributed by atoms with Crippen LogP contribution in [0.3, 0.4) is 0 Å². The van der Waals surface area contributed by atoms with Gasteiger partial charge < -0.3 is 15.1 Å². The number of amides is 1. The van der Waals surface area contributed by atoms with Gasteiger partial charge in [0.05, 0.1) is 4.92 Å². The van der Waals surface area contributed by atoms with Crippen LogP contribution in [0.4, 0.5) is 17.3 Å². The minimum Gasteiger partial charge on any atom is -0.367 e. The lowest BCUT2D eigenvalue weighted by molar-refractivity contribution is -0.383. The molecular formula is C12H18N6O3. The Morgan fingerprint density at radius 1 is 1.33 bits per heavy atom. The summed E-state index contributed by atoms with van der Waals surface area (Å²) in [6.07, 6.45) is 2.05. The number of rotatable bonds is 3. The van der Waals surface area contributed by atoms with Crippen LogP contribution in [0.1, 0.15) is 13.3 Å². The zero-order valence-corrected chi connectivity index (χ0v) is 12.1. The van der Waals surface area contributed by atoms with Crippen LogP contribution in [0.15, 0.2) is 6.33 Å². The first-order chi connectivity index (χ1) is 10.0.